The maximum atomic E-state index is 11.7. The van der Waals surface area contributed by atoms with Crippen LogP contribution >= 0.6 is 12.2 Å². The molecule has 2 N–H and O–H groups in total. The van der Waals surface area contributed by atoms with Gasteiger partial charge in [-0.1, -0.05) is 6.07 Å². The average Bonchev–Trinajstić information content (AvgIpc) is 3.17. The fraction of sp³-hybridized carbons (Fsp3) is 0.467. The Morgan fingerprint density at radius 1 is 1.35 bits per heavy atom. The third-order valence-electron chi connectivity index (χ3n) is 3.43. The van der Waals surface area contributed by atoms with Crippen LogP contribution in [-0.2, 0) is 4.79 Å². The number of likely N-dealkylation sites (N-methyl/N-ethyl adjacent to an activating group) is 1. The van der Waals surface area contributed by atoms with Crippen LogP contribution in [0.1, 0.15) is 24.0 Å². The summed E-state index contributed by atoms with van der Waals surface area (Å²) in [5.41, 5.74) is 3.41. The first-order valence-electron chi connectivity index (χ1n) is 6.84. The van der Waals surface area contributed by atoms with E-state index in [4.69, 9.17) is 12.2 Å². The second kappa shape index (κ2) is 6.22. The van der Waals surface area contributed by atoms with E-state index < -0.39 is 0 Å². The van der Waals surface area contributed by atoms with E-state index in [-0.39, 0.29) is 12.5 Å². The molecule has 0 atom stereocenters. The van der Waals surface area contributed by atoms with E-state index in [1.165, 1.54) is 11.1 Å². The molecule has 0 radical (unpaired) electrons. The maximum Gasteiger partial charge on any atom is 0.239 e. The van der Waals surface area contributed by atoms with Crippen LogP contribution in [0.3, 0.4) is 0 Å². The van der Waals surface area contributed by atoms with Crippen LogP contribution in [0.15, 0.2) is 18.2 Å². The lowest BCUT2D eigenvalue weighted by Crippen LogP contribution is -2.40. The van der Waals surface area contributed by atoms with Crippen molar-refractivity contribution in [1.82, 2.24) is 10.2 Å². The zero-order valence-corrected chi connectivity index (χ0v) is 13.0. The highest BCUT2D eigenvalue weighted by atomic mass is 32.1. The molecule has 0 aliphatic heterocycles. The van der Waals surface area contributed by atoms with Crippen molar-refractivity contribution in [3.63, 3.8) is 0 Å². The Kier molecular flexibility index (Phi) is 4.60. The van der Waals surface area contributed by atoms with Crippen LogP contribution in [-0.4, -0.2) is 35.6 Å². The summed E-state index contributed by atoms with van der Waals surface area (Å²) >= 11 is 5.32. The van der Waals surface area contributed by atoms with Crippen LogP contribution in [0.5, 0.6) is 0 Å². The van der Waals surface area contributed by atoms with E-state index in [2.05, 4.69) is 36.6 Å². The Balaban J connectivity index is 1.86. The van der Waals surface area contributed by atoms with Gasteiger partial charge in [-0.3, -0.25) is 4.79 Å². The molecular formula is C15H21N3OS. The molecule has 1 fully saturated rings. The van der Waals surface area contributed by atoms with Crippen molar-refractivity contribution in [2.45, 2.75) is 32.7 Å². The van der Waals surface area contributed by atoms with E-state index in [0.29, 0.717) is 11.2 Å². The number of hydrogen-bond acceptors (Lipinski definition) is 2. The molecule has 20 heavy (non-hydrogen) atoms. The highest BCUT2D eigenvalue weighted by Crippen LogP contribution is 2.18. The minimum atomic E-state index is 0.0271. The summed E-state index contributed by atoms with van der Waals surface area (Å²) in [6.45, 7) is 4.43. The summed E-state index contributed by atoms with van der Waals surface area (Å²) in [5, 5.41) is 6.67. The van der Waals surface area contributed by atoms with Crippen LogP contribution in [0.25, 0.3) is 0 Å². The minimum absolute atomic E-state index is 0.0271. The normalized spacial score (nSPS) is 13.8. The summed E-state index contributed by atoms with van der Waals surface area (Å²) in [7, 11) is 1.82. The largest absolute Gasteiger partial charge is 0.352 e. The first kappa shape index (κ1) is 14.8. The molecule has 0 spiro atoms. The van der Waals surface area contributed by atoms with Gasteiger partial charge in [0.15, 0.2) is 5.11 Å². The van der Waals surface area contributed by atoms with Crippen LogP contribution < -0.4 is 10.6 Å². The Bertz CT molecular complexity index is 526. The van der Waals surface area contributed by atoms with E-state index in [1.54, 1.807) is 4.90 Å². The third kappa shape index (κ3) is 4.20. The van der Waals surface area contributed by atoms with Crippen molar-refractivity contribution in [1.29, 1.82) is 0 Å². The van der Waals surface area contributed by atoms with Gasteiger partial charge in [-0.25, -0.2) is 0 Å². The number of aryl methyl sites for hydroxylation is 2. The van der Waals surface area contributed by atoms with Crippen molar-refractivity contribution in [3.05, 3.63) is 29.3 Å². The Morgan fingerprint density at radius 3 is 2.65 bits per heavy atom. The molecular weight excluding hydrogens is 270 g/mol. The standard InChI is InChI=1S/C15H21N3OS/c1-10-4-5-13(8-11(10)2)17-15(20)18(3)9-14(19)16-12-6-7-12/h4-5,8,12H,6-7,9H2,1-3H3,(H,16,19)(H,17,20). The van der Waals surface area contributed by atoms with Crippen molar-refractivity contribution in [3.8, 4) is 0 Å². The molecule has 108 valence electrons. The van der Waals surface area contributed by atoms with Crippen molar-refractivity contribution >= 4 is 28.9 Å². The minimum Gasteiger partial charge on any atom is -0.352 e. The molecule has 0 heterocycles. The van der Waals surface area contributed by atoms with E-state index in [9.17, 15) is 4.79 Å². The quantitative estimate of drug-likeness (QED) is 0.835. The number of hydrogen-bond donors (Lipinski definition) is 2. The number of carbonyl (C=O) groups excluding carboxylic acids is 1. The average molecular weight is 291 g/mol. The number of nitrogens with zero attached hydrogens (tertiary/aromatic N) is 1. The molecule has 0 bridgehead atoms. The lowest BCUT2D eigenvalue weighted by Gasteiger charge is -2.21. The molecule has 0 aromatic heterocycles. The predicted octanol–water partition coefficient (Wildman–Crippen LogP) is 2.21. The lowest BCUT2D eigenvalue weighted by atomic mass is 10.1. The summed E-state index contributed by atoms with van der Waals surface area (Å²) in [5.74, 6) is 0.0271. The van der Waals surface area contributed by atoms with Gasteiger partial charge >= 0.3 is 0 Å². The van der Waals surface area contributed by atoms with Gasteiger partial charge in [0.1, 0.15) is 0 Å². The molecule has 4 nitrogen and oxygen atoms in total. The van der Waals surface area contributed by atoms with Crippen molar-refractivity contribution < 1.29 is 4.79 Å². The zero-order valence-electron chi connectivity index (χ0n) is 12.2. The second-order valence-electron chi connectivity index (χ2n) is 5.43. The van der Waals surface area contributed by atoms with Gasteiger partial charge in [0, 0.05) is 18.8 Å². The smallest absolute Gasteiger partial charge is 0.239 e. The maximum absolute atomic E-state index is 11.7. The van der Waals surface area contributed by atoms with E-state index in [0.717, 1.165) is 18.5 Å². The molecule has 0 unspecified atom stereocenters. The molecule has 1 amide bonds. The Morgan fingerprint density at radius 2 is 2.05 bits per heavy atom. The molecule has 5 heteroatoms. The van der Waals surface area contributed by atoms with Crippen molar-refractivity contribution in [2.24, 2.45) is 0 Å². The number of nitrogens with one attached hydrogen (secondary N) is 2. The second-order valence-corrected chi connectivity index (χ2v) is 5.81. The molecule has 1 aromatic rings. The van der Waals surface area contributed by atoms with E-state index in [1.807, 2.05) is 13.1 Å². The third-order valence-corrected chi connectivity index (χ3v) is 3.84. The monoisotopic (exact) mass is 291 g/mol. The van der Waals surface area contributed by atoms with Crippen LogP contribution in [0.4, 0.5) is 5.69 Å². The molecule has 1 aliphatic carbocycles. The number of amides is 1. The van der Waals surface area contributed by atoms with Crippen molar-refractivity contribution in [2.75, 3.05) is 18.9 Å². The number of rotatable bonds is 4. The highest BCUT2D eigenvalue weighted by molar-refractivity contribution is 7.80. The predicted molar refractivity (Wildman–Crippen MR) is 85.9 cm³/mol. The summed E-state index contributed by atoms with van der Waals surface area (Å²) in [6, 6.07) is 6.49. The molecule has 1 aromatic carbocycles. The molecule has 0 saturated heterocycles. The fourth-order valence-electron chi connectivity index (χ4n) is 1.83. The molecule has 1 aliphatic rings. The molecule has 1 saturated carbocycles. The van der Waals surface area contributed by atoms with Gasteiger partial charge in [-0.15, -0.1) is 0 Å². The van der Waals surface area contributed by atoms with E-state index >= 15 is 0 Å². The SMILES string of the molecule is Cc1ccc(NC(=S)N(C)CC(=O)NC2CC2)cc1C. The fourth-order valence-corrected chi connectivity index (χ4v) is 2.01. The number of carbonyl (C=O) groups is 1. The summed E-state index contributed by atoms with van der Waals surface area (Å²) < 4.78 is 0. The first-order valence-corrected chi connectivity index (χ1v) is 7.25. The van der Waals surface area contributed by atoms with Crippen LogP contribution in [0, 0.1) is 13.8 Å². The van der Waals surface area contributed by atoms with Gasteiger partial charge in [0.25, 0.3) is 0 Å². The number of thiocarbonyl (C=S) groups is 1. The van der Waals surface area contributed by atoms with Gasteiger partial charge in [-0.2, -0.15) is 0 Å². The highest BCUT2D eigenvalue weighted by Gasteiger charge is 2.23. The number of anilines is 1. The first-order chi connectivity index (χ1) is 9.45. The lowest BCUT2D eigenvalue weighted by molar-refractivity contribution is -0.121. The Labute approximate surface area is 125 Å². The van der Waals surface area contributed by atoms with Crippen LogP contribution in [0.2, 0.25) is 0 Å². The Hall–Kier alpha value is -1.62. The zero-order chi connectivity index (χ0) is 14.7. The summed E-state index contributed by atoms with van der Waals surface area (Å²) in [4.78, 5) is 13.5. The number of benzene rings is 1. The van der Waals surface area contributed by atoms with Gasteiger partial charge in [0.2, 0.25) is 5.91 Å². The van der Waals surface area contributed by atoms with Gasteiger partial charge < -0.3 is 15.5 Å². The summed E-state index contributed by atoms with van der Waals surface area (Å²) in [6.07, 6.45) is 2.20. The molecule has 2 rings (SSSR count). The van der Waals surface area contributed by atoms with Gasteiger partial charge in [0.05, 0.1) is 6.54 Å². The topological polar surface area (TPSA) is 44.4 Å². The van der Waals surface area contributed by atoms with Gasteiger partial charge in [-0.05, 0) is 62.2 Å².